The highest BCUT2D eigenvalue weighted by atomic mass is 16.3. The lowest BCUT2D eigenvalue weighted by Gasteiger charge is -2.41. The highest BCUT2D eigenvalue weighted by Gasteiger charge is 2.36. The fraction of sp³-hybridized carbons (Fsp3) is 1.00. The molecule has 2 rings (SSSR count). The zero-order chi connectivity index (χ0) is 10.9. The summed E-state index contributed by atoms with van der Waals surface area (Å²) in [5, 5.41) is 13.6. The van der Waals surface area contributed by atoms with Crippen molar-refractivity contribution in [1.82, 2.24) is 5.32 Å². The predicted octanol–water partition coefficient (Wildman–Crippen LogP) is 2.32. The molecule has 2 saturated carbocycles. The highest BCUT2D eigenvalue weighted by Crippen LogP contribution is 2.33. The Kier molecular flexibility index (Phi) is 3.36. The van der Waals surface area contributed by atoms with Crippen molar-refractivity contribution in [2.75, 3.05) is 6.54 Å². The zero-order valence-electron chi connectivity index (χ0n) is 10.1. The first-order valence-electron chi connectivity index (χ1n) is 6.56. The second kappa shape index (κ2) is 4.42. The maximum Gasteiger partial charge on any atom is 0.0771 e. The van der Waals surface area contributed by atoms with Crippen molar-refractivity contribution in [3.05, 3.63) is 0 Å². The van der Waals surface area contributed by atoms with Gasteiger partial charge in [0.05, 0.1) is 5.60 Å². The van der Waals surface area contributed by atoms with Crippen LogP contribution in [0.25, 0.3) is 0 Å². The Balaban J connectivity index is 1.78. The first-order chi connectivity index (χ1) is 7.11. The highest BCUT2D eigenvalue weighted by molar-refractivity contribution is 4.92. The van der Waals surface area contributed by atoms with Crippen LogP contribution in [0.3, 0.4) is 0 Å². The molecular formula is C13H25NO. The predicted molar refractivity (Wildman–Crippen MR) is 62.8 cm³/mol. The average Bonchev–Trinajstić information content (AvgIpc) is 2.17. The summed E-state index contributed by atoms with van der Waals surface area (Å²) in [5.74, 6) is 1.61. The Morgan fingerprint density at radius 3 is 2.53 bits per heavy atom. The van der Waals surface area contributed by atoms with Gasteiger partial charge in [0.15, 0.2) is 0 Å². The van der Waals surface area contributed by atoms with E-state index in [2.05, 4.69) is 19.2 Å². The van der Waals surface area contributed by atoms with Crippen LogP contribution in [0.4, 0.5) is 0 Å². The summed E-state index contributed by atoms with van der Waals surface area (Å²) in [6, 6.07) is 0.637. The molecule has 0 aromatic rings. The van der Waals surface area contributed by atoms with E-state index in [4.69, 9.17) is 0 Å². The van der Waals surface area contributed by atoms with Crippen LogP contribution < -0.4 is 5.32 Å². The van der Waals surface area contributed by atoms with Crippen LogP contribution in [-0.2, 0) is 0 Å². The van der Waals surface area contributed by atoms with E-state index in [1.54, 1.807) is 0 Å². The van der Waals surface area contributed by atoms with E-state index in [-0.39, 0.29) is 5.60 Å². The lowest BCUT2D eigenvalue weighted by Crippen LogP contribution is -2.51. The van der Waals surface area contributed by atoms with Crippen LogP contribution in [0, 0.1) is 11.8 Å². The van der Waals surface area contributed by atoms with Gasteiger partial charge in [-0.3, -0.25) is 0 Å². The summed E-state index contributed by atoms with van der Waals surface area (Å²) in [7, 11) is 0. The number of rotatable bonds is 3. The summed E-state index contributed by atoms with van der Waals surface area (Å²) in [6.07, 6.45) is 7.22. The van der Waals surface area contributed by atoms with Crippen molar-refractivity contribution in [1.29, 1.82) is 0 Å². The molecule has 0 bridgehead atoms. The molecule has 0 heterocycles. The maximum atomic E-state index is 10.0. The van der Waals surface area contributed by atoms with Crippen LogP contribution in [0.15, 0.2) is 0 Å². The van der Waals surface area contributed by atoms with Gasteiger partial charge in [0.1, 0.15) is 0 Å². The number of aliphatic hydroxyl groups is 1. The largest absolute Gasteiger partial charge is 0.389 e. The van der Waals surface area contributed by atoms with E-state index in [1.807, 2.05) is 0 Å². The molecule has 0 radical (unpaired) electrons. The fourth-order valence-corrected chi connectivity index (χ4v) is 2.95. The smallest absolute Gasteiger partial charge is 0.0771 e. The molecule has 3 unspecified atom stereocenters. The molecule has 0 aliphatic heterocycles. The van der Waals surface area contributed by atoms with Crippen molar-refractivity contribution < 1.29 is 5.11 Å². The fourth-order valence-electron chi connectivity index (χ4n) is 2.95. The van der Waals surface area contributed by atoms with Gasteiger partial charge in [-0.05, 0) is 37.5 Å². The molecular weight excluding hydrogens is 186 g/mol. The third-order valence-electron chi connectivity index (χ3n) is 4.68. The van der Waals surface area contributed by atoms with E-state index < -0.39 is 0 Å². The van der Waals surface area contributed by atoms with Gasteiger partial charge in [-0.2, -0.15) is 0 Å². The topological polar surface area (TPSA) is 32.3 Å². The molecule has 3 atom stereocenters. The molecule has 2 aliphatic rings. The molecule has 2 fully saturated rings. The number of nitrogens with one attached hydrogen (secondary N) is 1. The monoisotopic (exact) mass is 211 g/mol. The minimum Gasteiger partial charge on any atom is -0.389 e. The minimum atomic E-state index is -0.361. The lowest BCUT2D eigenvalue weighted by atomic mass is 9.76. The quantitative estimate of drug-likeness (QED) is 0.751. The summed E-state index contributed by atoms with van der Waals surface area (Å²) < 4.78 is 0. The van der Waals surface area contributed by atoms with E-state index in [0.29, 0.717) is 6.04 Å². The van der Waals surface area contributed by atoms with E-state index in [0.717, 1.165) is 31.2 Å². The molecule has 2 nitrogen and oxygen atoms in total. The van der Waals surface area contributed by atoms with Crippen molar-refractivity contribution in [2.45, 2.75) is 64.0 Å². The molecule has 15 heavy (non-hydrogen) atoms. The Morgan fingerprint density at radius 1 is 1.20 bits per heavy atom. The van der Waals surface area contributed by atoms with Gasteiger partial charge in [0.25, 0.3) is 0 Å². The van der Waals surface area contributed by atoms with Crippen LogP contribution >= 0.6 is 0 Å². The van der Waals surface area contributed by atoms with Crippen LogP contribution in [0.1, 0.15) is 52.4 Å². The van der Waals surface area contributed by atoms with E-state index in [1.165, 1.54) is 25.7 Å². The molecule has 2 N–H and O–H groups in total. The molecule has 0 spiro atoms. The van der Waals surface area contributed by atoms with Gasteiger partial charge < -0.3 is 10.4 Å². The normalized spacial score (nSPS) is 39.8. The van der Waals surface area contributed by atoms with Gasteiger partial charge in [0, 0.05) is 12.6 Å². The molecule has 0 aromatic heterocycles. The molecule has 2 heteroatoms. The van der Waals surface area contributed by atoms with Crippen molar-refractivity contribution in [2.24, 2.45) is 11.8 Å². The summed E-state index contributed by atoms with van der Waals surface area (Å²) in [4.78, 5) is 0. The molecule has 88 valence electrons. The molecule has 0 aromatic carbocycles. The van der Waals surface area contributed by atoms with Crippen LogP contribution in [0.5, 0.6) is 0 Å². The number of hydrogen-bond acceptors (Lipinski definition) is 2. The Hall–Kier alpha value is -0.0800. The van der Waals surface area contributed by atoms with Gasteiger partial charge in [-0.15, -0.1) is 0 Å². The third-order valence-corrected chi connectivity index (χ3v) is 4.68. The van der Waals surface area contributed by atoms with Gasteiger partial charge in [0.2, 0.25) is 0 Å². The van der Waals surface area contributed by atoms with E-state index >= 15 is 0 Å². The average molecular weight is 211 g/mol. The molecule has 2 aliphatic carbocycles. The van der Waals surface area contributed by atoms with E-state index in [9.17, 15) is 5.11 Å². The lowest BCUT2D eigenvalue weighted by molar-refractivity contribution is -0.0360. The second-order valence-electron chi connectivity index (χ2n) is 5.83. The van der Waals surface area contributed by atoms with Gasteiger partial charge in [-0.25, -0.2) is 0 Å². The Bertz CT molecular complexity index is 213. The first kappa shape index (κ1) is 11.4. The number of hydrogen-bond donors (Lipinski definition) is 2. The van der Waals surface area contributed by atoms with Gasteiger partial charge >= 0.3 is 0 Å². The third kappa shape index (κ3) is 2.54. The molecule has 0 saturated heterocycles. The maximum absolute atomic E-state index is 10.0. The Labute approximate surface area is 93.5 Å². The zero-order valence-corrected chi connectivity index (χ0v) is 10.1. The first-order valence-corrected chi connectivity index (χ1v) is 6.56. The van der Waals surface area contributed by atoms with Crippen molar-refractivity contribution in [3.8, 4) is 0 Å². The van der Waals surface area contributed by atoms with Crippen LogP contribution in [-0.4, -0.2) is 23.3 Å². The standard InChI is InChI=1S/C13H25NO/c1-10-5-3-6-12(11(10)2)14-9-13(15)7-4-8-13/h10-12,14-15H,3-9H2,1-2H3. The Morgan fingerprint density at radius 2 is 1.93 bits per heavy atom. The summed E-state index contributed by atoms with van der Waals surface area (Å²) >= 11 is 0. The summed E-state index contributed by atoms with van der Waals surface area (Å²) in [5.41, 5.74) is -0.361. The van der Waals surface area contributed by atoms with Crippen LogP contribution in [0.2, 0.25) is 0 Å². The summed E-state index contributed by atoms with van der Waals surface area (Å²) in [6.45, 7) is 5.53. The molecule has 0 amide bonds. The van der Waals surface area contributed by atoms with Gasteiger partial charge in [-0.1, -0.05) is 26.7 Å². The SMILES string of the molecule is CC1CCCC(NCC2(O)CCC2)C1C. The van der Waals surface area contributed by atoms with Crippen molar-refractivity contribution >= 4 is 0 Å². The van der Waals surface area contributed by atoms with Crippen molar-refractivity contribution in [3.63, 3.8) is 0 Å². The second-order valence-corrected chi connectivity index (χ2v) is 5.83. The minimum absolute atomic E-state index is 0.361.